The van der Waals surface area contributed by atoms with Gasteiger partial charge in [0.15, 0.2) is 11.5 Å². The van der Waals surface area contributed by atoms with Gasteiger partial charge in [0.2, 0.25) is 12.7 Å². The molecule has 6 nitrogen and oxygen atoms in total. The lowest BCUT2D eigenvalue weighted by atomic mass is 9.94. The van der Waals surface area contributed by atoms with Gasteiger partial charge in [-0.15, -0.1) is 0 Å². The molecule has 1 aromatic rings. The summed E-state index contributed by atoms with van der Waals surface area (Å²) in [7, 11) is 0. The molecule has 25 heavy (non-hydrogen) atoms. The largest absolute Gasteiger partial charge is 0.507 e. The number of carbonyl (C=O) groups excluding carboxylic acids is 1. The van der Waals surface area contributed by atoms with Crippen LogP contribution in [-0.2, 0) is 11.3 Å². The fourth-order valence-corrected chi connectivity index (χ4v) is 3.20. The highest BCUT2D eigenvalue weighted by Crippen LogP contribution is 2.38. The summed E-state index contributed by atoms with van der Waals surface area (Å²) in [4.78, 5) is 14.6. The maximum Gasteiger partial charge on any atom is 0.231 e. The number of benzene rings is 1. The van der Waals surface area contributed by atoms with Crippen molar-refractivity contribution in [1.29, 1.82) is 0 Å². The lowest BCUT2D eigenvalue weighted by molar-refractivity contribution is -0.127. The topological polar surface area (TPSA) is 71.0 Å². The normalized spacial score (nSPS) is 19.2. The number of phenolic OH excluding ortho intramolecular Hbond substituents is 1. The van der Waals surface area contributed by atoms with Crippen molar-refractivity contribution >= 4 is 5.91 Å². The number of hydrogen-bond donors (Lipinski definition) is 2. The predicted molar refractivity (Wildman–Crippen MR) is 94.7 cm³/mol. The number of amides is 1. The molecule has 1 atom stereocenters. The van der Waals surface area contributed by atoms with E-state index in [9.17, 15) is 9.90 Å². The third-order valence-electron chi connectivity index (χ3n) is 5.30. The first-order chi connectivity index (χ1) is 11.9. The monoisotopic (exact) mass is 348 g/mol. The van der Waals surface area contributed by atoms with Gasteiger partial charge in [0, 0.05) is 30.1 Å². The number of nitrogens with zero attached hydrogens (tertiary/aromatic N) is 1. The SMILES string of the molecule is CC(C)C(C)NC(=O)C1CCN(Cc2cc3c(cc2O)OCO3)CC1. The Morgan fingerprint density at radius 1 is 1.24 bits per heavy atom. The minimum absolute atomic E-state index is 0.0859. The van der Waals surface area contributed by atoms with Gasteiger partial charge >= 0.3 is 0 Å². The smallest absolute Gasteiger partial charge is 0.231 e. The van der Waals surface area contributed by atoms with Crippen LogP contribution in [-0.4, -0.2) is 41.8 Å². The molecule has 0 aliphatic carbocycles. The van der Waals surface area contributed by atoms with Gasteiger partial charge in [-0.3, -0.25) is 9.69 Å². The zero-order valence-electron chi connectivity index (χ0n) is 15.2. The second-order valence-corrected chi connectivity index (χ2v) is 7.43. The average Bonchev–Trinajstić information content (AvgIpc) is 3.02. The summed E-state index contributed by atoms with van der Waals surface area (Å²) in [5.41, 5.74) is 0.834. The maximum absolute atomic E-state index is 12.4. The molecule has 3 rings (SSSR count). The fraction of sp³-hybridized carbons (Fsp3) is 0.632. The molecule has 0 spiro atoms. The Kier molecular flexibility index (Phi) is 5.37. The van der Waals surface area contributed by atoms with Crippen molar-refractivity contribution in [3.8, 4) is 17.2 Å². The lowest BCUT2D eigenvalue weighted by Crippen LogP contribution is -2.44. The first kappa shape index (κ1) is 17.9. The van der Waals surface area contributed by atoms with Crippen LogP contribution in [0.3, 0.4) is 0 Å². The van der Waals surface area contributed by atoms with Crippen molar-refractivity contribution in [2.45, 2.75) is 46.2 Å². The highest BCUT2D eigenvalue weighted by Gasteiger charge is 2.27. The molecule has 1 aromatic carbocycles. The third-order valence-corrected chi connectivity index (χ3v) is 5.30. The predicted octanol–water partition coefficient (Wildman–Crippen LogP) is 2.49. The molecular formula is C19H28N2O4. The molecule has 1 amide bonds. The molecular weight excluding hydrogens is 320 g/mol. The fourth-order valence-electron chi connectivity index (χ4n) is 3.20. The van der Waals surface area contributed by atoms with Gasteiger partial charge in [-0.1, -0.05) is 13.8 Å². The Morgan fingerprint density at radius 2 is 1.88 bits per heavy atom. The molecule has 1 saturated heterocycles. The third kappa shape index (κ3) is 4.18. The van der Waals surface area contributed by atoms with Gasteiger partial charge in [0.25, 0.3) is 0 Å². The molecule has 2 heterocycles. The Bertz CT molecular complexity index is 624. The number of nitrogens with one attached hydrogen (secondary N) is 1. The van der Waals surface area contributed by atoms with E-state index in [0.29, 0.717) is 24.0 Å². The molecule has 0 aromatic heterocycles. The Hall–Kier alpha value is -1.95. The van der Waals surface area contributed by atoms with Crippen molar-refractivity contribution in [2.24, 2.45) is 11.8 Å². The Labute approximate surface area is 149 Å². The molecule has 6 heteroatoms. The van der Waals surface area contributed by atoms with Crippen molar-refractivity contribution in [1.82, 2.24) is 10.2 Å². The van der Waals surface area contributed by atoms with Gasteiger partial charge in [0.1, 0.15) is 5.75 Å². The number of aromatic hydroxyl groups is 1. The van der Waals surface area contributed by atoms with Gasteiger partial charge in [-0.25, -0.2) is 0 Å². The first-order valence-corrected chi connectivity index (χ1v) is 9.08. The minimum atomic E-state index is 0.0859. The number of likely N-dealkylation sites (tertiary alicyclic amines) is 1. The van der Waals surface area contributed by atoms with E-state index in [1.165, 1.54) is 0 Å². The van der Waals surface area contributed by atoms with Crippen molar-refractivity contribution in [3.05, 3.63) is 17.7 Å². The van der Waals surface area contributed by atoms with E-state index in [4.69, 9.17) is 9.47 Å². The van der Waals surface area contributed by atoms with Crippen LogP contribution in [0.2, 0.25) is 0 Å². The number of ether oxygens (including phenoxy) is 2. The summed E-state index contributed by atoms with van der Waals surface area (Å²) in [5, 5.41) is 13.3. The van der Waals surface area contributed by atoms with Crippen LogP contribution in [0, 0.1) is 11.8 Å². The number of carbonyl (C=O) groups is 1. The number of phenols is 1. The van der Waals surface area contributed by atoms with Crippen LogP contribution in [0.4, 0.5) is 0 Å². The number of piperidine rings is 1. The van der Waals surface area contributed by atoms with Crippen LogP contribution in [0.25, 0.3) is 0 Å². The maximum atomic E-state index is 12.4. The molecule has 138 valence electrons. The van der Waals surface area contributed by atoms with E-state index in [1.54, 1.807) is 6.07 Å². The highest BCUT2D eigenvalue weighted by molar-refractivity contribution is 5.79. The molecule has 2 N–H and O–H groups in total. The van der Waals surface area contributed by atoms with Crippen LogP contribution < -0.4 is 14.8 Å². The Morgan fingerprint density at radius 3 is 2.52 bits per heavy atom. The van der Waals surface area contributed by atoms with Crippen molar-refractivity contribution in [2.75, 3.05) is 19.9 Å². The Balaban J connectivity index is 1.52. The van der Waals surface area contributed by atoms with E-state index in [2.05, 4.69) is 31.0 Å². The number of hydrogen-bond acceptors (Lipinski definition) is 5. The summed E-state index contributed by atoms with van der Waals surface area (Å²) in [6.45, 7) is 8.84. The summed E-state index contributed by atoms with van der Waals surface area (Å²) < 4.78 is 10.7. The van der Waals surface area contributed by atoms with E-state index >= 15 is 0 Å². The lowest BCUT2D eigenvalue weighted by Gasteiger charge is -2.32. The average molecular weight is 348 g/mol. The zero-order valence-corrected chi connectivity index (χ0v) is 15.2. The van der Waals surface area contributed by atoms with Gasteiger partial charge in [-0.05, 0) is 44.8 Å². The minimum Gasteiger partial charge on any atom is -0.507 e. The number of rotatable bonds is 5. The first-order valence-electron chi connectivity index (χ1n) is 9.08. The quantitative estimate of drug-likeness (QED) is 0.855. The van der Waals surface area contributed by atoms with Crippen LogP contribution in [0.5, 0.6) is 17.2 Å². The molecule has 2 aliphatic heterocycles. The van der Waals surface area contributed by atoms with E-state index in [1.807, 2.05) is 6.07 Å². The second-order valence-electron chi connectivity index (χ2n) is 7.43. The van der Waals surface area contributed by atoms with Crippen molar-refractivity contribution < 1.29 is 19.4 Å². The van der Waals surface area contributed by atoms with E-state index in [-0.39, 0.29) is 30.4 Å². The molecule has 1 fully saturated rings. The van der Waals surface area contributed by atoms with E-state index < -0.39 is 0 Å². The standard InChI is InChI=1S/C19H28N2O4/c1-12(2)13(3)20-19(23)14-4-6-21(7-5-14)10-15-8-17-18(9-16(15)22)25-11-24-17/h8-9,12-14,22H,4-7,10-11H2,1-3H3,(H,20,23). The summed E-state index contributed by atoms with van der Waals surface area (Å²) in [5.74, 6) is 2.21. The van der Waals surface area contributed by atoms with Crippen LogP contribution >= 0.6 is 0 Å². The second kappa shape index (κ2) is 7.52. The van der Waals surface area contributed by atoms with Gasteiger partial charge in [-0.2, -0.15) is 0 Å². The van der Waals surface area contributed by atoms with Crippen LogP contribution in [0.15, 0.2) is 12.1 Å². The zero-order chi connectivity index (χ0) is 18.0. The van der Waals surface area contributed by atoms with Crippen molar-refractivity contribution in [3.63, 3.8) is 0 Å². The molecule has 2 aliphatic rings. The number of fused-ring (bicyclic) bond motifs is 1. The summed E-state index contributed by atoms with van der Waals surface area (Å²) in [6, 6.07) is 3.67. The summed E-state index contributed by atoms with van der Waals surface area (Å²) >= 11 is 0. The summed E-state index contributed by atoms with van der Waals surface area (Å²) in [6.07, 6.45) is 1.70. The molecule has 0 saturated carbocycles. The van der Waals surface area contributed by atoms with E-state index in [0.717, 1.165) is 31.5 Å². The highest BCUT2D eigenvalue weighted by atomic mass is 16.7. The molecule has 1 unspecified atom stereocenters. The van der Waals surface area contributed by atoms with Gasteiger partial charge < -0.3 is 19.9 Å². The molecule has 0 radical (unpaired) electrons. The van der Waals surface area contributed by atoms with Gasteiger partial charge in [0.05, 0.1) is 0 Å². The molecule has 0 bridgehead atoms. The van der Waals surface area contributed by atoms with Crippen LogP contribution in [0.1, 0.15) is 39.2 Å².